The molecule has 1 unspecified atom stereocenters. The van der Waals surface area contributed by atoms with E-state index in [1.165, 1.54) is 18.3 Å². The Labute approximate surface area is 107 Å². The highest BCUT2D eigenvalue weighted by atomic mass is 79.9. The van der Waals surface area contributed by atoms with Gasteiger partial charge in [-0.2, -0.15) is 0 Å². The fraction of sp³-hybridized carbons (Fsp3) is 0.455. The van der Waals surface area contributed by atoms with E-state index in [0.717, 1.165) is 6.42 Å². The highest BCUT2D eigenvalue weighted by molar-refractivity contribution is 9.10. The number of furan rings is 1. The quantitative estimate of drug-likeness (QED) is 0.782. The predicted molar refractivity (Wildman–Crippen MR) is 62.5 cm³/mol. The lowest BCUT2D eigenvalue weighted by Gasteiger charge is -2.22. The third-order valence-corrected chi connectivity index (χ3v) is 3.45. The molecule has 2 heterocycles. The van der Waals surface area contributed by atoms with E-state index >= 15 is 0 Å². The van der Waals surface area contributed by atoms with Gasteiger partial charge in [0.15, 0.2) is 4.67 Å². The third-order valence-electron chi connectivity index (χ3n) is 2.84. The zero-order chi connectivity index (χ0) is 12.4. The SMILES string of the molecule is COC(=O)C1CCCN1C(=O)c1ccoc1Br. The van der Waals surface area contributed by atoms with Gasteiger partial charge in [0.25, 0.3) is 5.91 Å². The van der Waals surface area contributed by atoms with E-state index < -0.39 is 6.04 Å². The molecule has 1 amide bonds. The zero-order valence-electron chi connectivity index (χ0n) is 9.31. The van der Waals surface area contributed by atoms with Crippen molar-refractivity contribution in [3.05, 3.63) is 22.6 Å². The van der Waals surface area contributed by atoms with Gasteiger partial charge < -0.3 is 14.1 Å². The molecule has 6 heteroatoms. The van der Waals surface area contributed by atoms with Gasteiger partial charge in [0, 0.05) is 6.54 Å². The number of esters is 1. The maximum absolute atomic E-state index is 12.2. The number of hydrogen-bond acceptors (Lipinski definition) is 4. The molecule has 0 aromatic carbocycles. The Balaban J connectivity index is 2.19. The van der Waals surface area contributed by atoms with Gasteiger partial charge in [0.1, 0.15) is 6.04 Å². The summed E-state index contributed by atoms with van der Waals surface area (Å²) in [6, 6.07) is 1.10. The second-order valence-electron chi connectivity index (χ2n) is 3.79. The summed E-state index contributed by atoms with van der Waals surface area (Å²) in [4.78, 5) is 25.2. The van der Waals surface area contributed by atoms with Crippen LogP contribution in [-0.2, 0) is 9.53 Å². The van der Waals surface area contributed by atoms with Gasteiger partial charge in [-0.05, 0) is 34.8 Å². The Hall–Kier alpha value is -1.30. The minimum Gasteiger partial charge on any atom is -0.467 e. The highest BCUT2D eigenvalue weighted by Gasteiger charge is 2.36. The van der Waals surface area contributed by atoms with E-state index in [2.05, 4.69) is 15.9 Å². The molecular weight excluding hydrogens is 290 g/mol. The molecule has 0 aliphatic carbocycles. The largest absolute Gasteiger partial charge is 0.467 e. The zero-order valence-corrected chi connectivity index (χ0v) is 10.9. The molecule has 2 rings (SSSR count). The summed E-state index contributed by atoms with van der Waals surface area (Å²) in [6.07, 6.45) is 2.88. The van der Waals surface area contributed by atoms with Crippen molar-refractivity contribution in [3.8, 4) is 0 Å². The van der Waals surface area contributed by atoms with Gasteiger partial charge >= 0.3 is 5.97 Å². The van der Waals surface area contributed by atoms with Crippen LogP contribution in [0.15, 0.2) is 21.4 Å². The molecule has 0 bridgehead atoms. The van der Waals surface area contributed by atoms with Gasteiger partial charge in [0.2, 0.25) is 0 Å². The van der Waals surface area contributed by atoms with Crippen molar-refractivity contribution in [2.75, 3.05) is 13.7 Å². The number of carbonyl (C=O) groups is 2. The van der Waals surface area contributed by atoms with Gasteiger partial charge in [-0.3, -0.25) is 4.79 Å². The summed E-state index contributed by atoms with van der Waals surface area (Å²) < 4.78 is 10.1. The Morgan fingerprint density at radius 2 is 2.35 bits per heavy atom. The summed E-state index contributed by atoms with van der Waals surface area (Å²) in [6.45, 7) is 0.566. The molecule has 1 saturated heterocycles. The molecule has 17 heavy (non-hydrogen) atoms. The number of hydrogen-bond donors (Lipinski definition) is 0. The number of nitrogens with zero attached hydrogens (tertiary/aromatic N) is 1. The standard InChI is InChI=1S/C11H12BrNO4/c1-16-11(15)8-3-2-5-13(8)10(14)7-4-6-17-9(7)12/h4,6,8H,2-3,5H2,1H3. The third kappa shape index (κ3) is 2.22. The van der Waals surface area contributed by atoms with E-state index in [1.54, 1.807) is 6.07 Å². The minimum absolute atomic E-state index is 0.210. The van der Waals surface area contributed by atoms with Crippen molar-refractivity contribution < 1.29 is 18.7 Å². The molecule has 1 aliphatic rings. The summed E-state index contributed by atoms with van der Waals surface area (Å²) in [5, 5.41) is 0. The molecule has 92 valence electrons. The monoisotopic (exact) mass is 301 g/mol. The second kappa shape index (κ2) is 4.91. The van der Waals surface area contributed by atoms with E-state index in [9.17, 15) is 9.59 Å². The van der Waals surface area contributed by atoms with Crippen molar-refractivity contribution in [1.82, 2.24) is 4.90 Å². The number of ether oxygens (including phenoxy) is 1. The van der Waals surface area contributed by atoms with E-state index in [0.29, 0.717) is 23.2 Å². The number of methoxy groups -OCH3 is 1. The molecular formula is C11H12BrNO4. The van der Waals surface area contributed by atoms with Crippen LogP contribution < -0.4 is 0 Å². The minimum atomic E-state index is -0.478. The lowest BCUT2D eigenvalue weighted by molar-refractivity contribution is -0.145. The van der Waals surface area contributed by atoms with Crippen molar-refractivity contribution in [3.63, 3.8) is 0 Å². The van der Waals surface area contributed by atoms with Gasteiger partial charge in [0.05, 0.1) is 18.9 Å². The first-order valence-corrected chi connectivity index (χ1v) is 6.06. The molecule has 0 N–H and O–H groups in total. The van der Waals surface area contributed by atoms with E-state index in [4.69, 9.17) is 9.15 Å². The summed E-state index contributed by atoms with van der Waals surface area (Å²) in [5.74, 6) is -0.575. The van der Waals surface area contributed by atoms with Gasteiger partial charge in [-0.1, -0.05) is 0 Å². The molecule has 1 atom stereocenters. The van der Waals surface area contributed by atoms with Crippen LogP contribution in [0.4, 0.5) is 0 Å². The average Bonchev–Trinajstić information content (AvgIpc) is 2.95. The Morgan fingerprint density at radius 3 is 2.94 bits per heavy atom. The number of likely N-dealkylation sites (tertiary alicyclic amines) is 1. The molecule has 0 spiro atoms. The van der Waals surface area contributed by atoms with Crippen LogP contribution in [0.2, 0.25) is 0 Å². The number of rotatable bonds is 2. The maximum atomic E-state index is 12.2. The van der Waals surface area contributed by atoms with Gasteiger partial charge in [-0.15, -0.1) is 0 Å². The van der Waals surface area contributed by atoms with Crippen molar-refractivity contribution >= 4 is 27.8 Å². The van der Waals surface area contributed by atoms with Crippen LogP contribution in [0.25, 0.3) is 0 Å². The van der Waals surface area contributed by atoms with Crippen LogP contribution in [0.1, 0.15) is 23.2 Å². The molecule has 0 saturated carbocycles. The normalized spacial score (nSPS) is 19.4. The number of carbonyl (C=O) groups excluding carboxylic acids is 2. The maximum Gasteiger partial charge on any atom is 0.328 e. The van der Waals surface area contributed by atoms with Crippen LogP contribution in [-0.4, -0.2) is 36.5 Å². The number of amides is 1. The summed E-state index contributed by atoms with van der Waals surface area (Å²) in [7, 11) is 1.33. The Kier molecular flexibility index (Phi) is 3.51. The van der Waals surface area contributed by atoms with Crippen LogP contribution in [0.3, 0.4) is 0 Å². The summed E-state index contributed by atoms with van der Waals surface area (Å²) in [5.41, 5.74) is 0.431. The summed E-state index contributed by atoms with van der Waals surface area (Å²) >= 11 is 3.16. The molecule has 1 fully saturated rings. The van der Waals surface area contributed by atoms with Crippen LogP contribution >= 0.6 is 15.9 Å². The van der Waals surface area contributed by atoms with Crippen molar-refractivity contribution in [2.24, 2.45) is 0 Å². The fourth-order valence-corrected chi connectivity index (χ4v) is 2.40. The molecule has 0 radical (unpaired) electrons. The van der Waals surface area contributed by atoms with Gasteiger partial charge in [-0.25, -0.2) is 4.79 Å². The Morgan fingerprint density at radius 1 is 1.59 bits per heavy atom. The first-order chi connectivity index (χ1) is 8.15. The topological polar surface area (TPSA) is 59.8 Å². The average molecular weight is 302 g/mol. The number of halogens is 1. The first-order valence-electron chi connectivity index (χ1n) is 5.27. The molecule has 1 aliphatic heterocycles. The fourth-order valence-electron chi connectivity index (χ4n) is 1.99. The molecule has 1 aromatic heterocycles. The Bertz CT molecular complexity index is 442. The van der Waals surface area contributed by atoms with E-state index in [-0.39, 0.29) is 11.9 Å². The lowest BCUT2D eigenvalue weighted by Crippen LogP contribution is -2.41. The molecule has 5 nitrogen and oxygen atoms in total. The highest BCUT2D eigenvalue weighted by Crippen LogP contribution is 2.25. The second-order valence-corrected chi connectivity index (χ2v) is 4.51. The van der Waals surface area contributed by atoms with Crippen molar-refractivity contribution in [1.29, 1.82) is 0 Å². The van der Waals surface area contributed by atoms with E-state index in [1.807, 2.05) is 0 Å². The van der Waals surface area contributed by atoms with Crippen LogP contribution in [0, 0.1) is 0 Å². The predicted octanol–water partition coefficient (Wildman–Crippen LogP) is 1.82. The van der Waals surface area contributed by atoms with Crippen LogP contribution in [0.5, 0.6) is 0 Å². The van der Waals surface area contributed by atoms with Crippen molar-refractivity contribution in [2.45, 2.75) is 18.9 Å². The smallest absolute Gasteiger partial charge is 0.328 e. The first kappa shape index (κ1) is 12.2. The molecule has 1 aromatic rings. The lowest BCUT2D eigenvalue weighted by atomic mass is 10.2.